The van der Waals surface area contributed by atoms with E-state index in [-0.39, 0.29) is 0 Å². The first-order valence-corrected chi connectivity index (χ1v) is 13.6. The zero-order chi connectivity index (χ0) is 25.2. The van der Waals surface area contributed by atoms with Crippen molar-refractivity contribution in [1.82, 2.24) is 19.9 Å². The summed E-state index contributed by atoms with van der Waals surface area (Å²) in [6.07, 6.45) is 9.85. The molecule has 1 unspecified atom stereocenters. The van der Waals surface area contributed by atoms with Gasteiger partial charge < -0.3 is 19.4 Å². The Bertz CT molecular complexity index is 1300. The van der Waals surface area contributed by atoms with Gasteiger partial charge in [-0.25, -0.2) is 0 Å². The number of nitriles is 1. The van der Waals surface area contributed by atoms with Gasteiger partial charge in [0.05, 0.1) is 18.3 Å². The van der Waals surface area contributed by atoms with Gasteiger partial charge in [-0.2, -0.15) is 15.2 Å². The van der Waals surface area contributed by atoms with Crippen LogP contribution in [-0.2, 0) is 13.0 Å². The Morgan fingerprint density at radius 2 is 2.00 bits per heavy atom. The molecule has 0 N–H and O–H groups in total. The van der Waals surface area contributed by atoms with Crippen molar-refractivity contribution in [3.05, 3.63) is 47.9 Å². The molecule has 0 bridgehead atoms. The van der Waals surface area contributed by atoms with Crippen LogP contribution in [0.4, 0.5) is 11.5 Å². The molecule has 192 valence electrons. The fourth-order valence-corrected chi connectivity index (χ4v) is 6.21. The van der Waals surface area contributed by atoms with Crippen molar-refractivity contribution < 1.29 is 4.74 Å². The molecule has 37 heavy (non-hydrogen) atoms. The van der Waals surface area contributed by atoms with Crippen molar-refractivity contribution in [2.75, 3.05) is 49.6 Å². The molecule has 0 amide bonds. The second kappa shape index (κ2) is 10.5. The molecule has 0 aliphatic carbocycles. The molecule has 0 spiro atoms. The van der Waals surface area contributed by atoms with Crippen LogP contribution in [0.25, 0.3) is 10.8 Å². The molecule has 0 radical (unpaired) electrons. The van der Waals surface area contributed by atoms with E-state index in [1.165, 1.54) is 28.4 Å². The van der Waals surface area contributed by atoms with E-state index in [0.717, 1.165) is 63.4 Å². The average Bonchev–Trinajstić information content (AvgIpc) is 3.35. The highest BCUT2D eigenvalue weighted by molar-refractivity contribution is 5.93. The predicted octanol–water partition coefficient (Wildman–Crippen LogP) is 4.19. The third kappa shape index (κ3) is 4.93. The van der Waals surface area contributed by atoms with E-state index < -0.39 is 0 Å². The summed E-state index contributed by atoms with van der Waals surface area (Å²) in [5.74, 6) is 1.41. The summed E-state index contributed by atoms with van der Waals surface area (Å²) < 4.78 is 6.27. The third-order valence-corrected chi connectivity index (χ3v) is 8.30. The van der Waals surface area contributed by atoms with Gasteiger partial charge in [-0.3, -0.25) is 4.98 Å². The molecule has 0 saturated carbocycles. The number of fused-ring (bicyclic) bond motifs is 2. The Morgan fingerprint density at radius 3 is 2.86 bits per heavy atom. The Kier molecular flexibility index (Phi) is 6.79. The first-order valence-electron chi connectivity index (χ1n) is 13.6. The molecule has 3 aromatic rings. The summed E-state index contributed by atoms with van der Waals surface area (Å²) in [4.78, 5) is 21.5. The highest BCUT2D eigenvalue weighted by Gasteiger charge is 2.30. The van der Waals surface area contributed by atoms with Crippen LogP contribution in [0, 0.1) is 17.2 Å². The van der Waals surface area contributed by atoms with Gasteiger partial charge >= 0.3 is 6.01 Å². The summed E-state index contributed by atoms with van der Waals surface area (Å²) in [6.45, 7) is 5.20. The lowest BCUT2D eigenvalue weighted by Gasteiger charge is -2.37. The maximum atomic E-state index is 9.29. The van der Waals surface area contributed by atoms with Crippen molar-refractivity contribution >= 4 is 22.3 Å². The van der Waals surface area contributed by atoms with Gasteiger partial charge in [0.2, 0.25) is 0 Å². The first-order chi connectivity index (χ1) is 18.2. The zero-order valence-electron chi connectivity index (χ0n) is 21.6. The van der Waals surface area contributed by atoms with Crippen LogP contribution in [0.3, 0.4) is 0 Å². The van der Waals surface area contributed by atoms with E-state index in [1.807, 2.05) is 12.4 Å². The maximum absolute atomic E-state index is 9.29. The van der Waals surface area contributed by atoms with Crippen LogP contribution in [-0.4, -0.2) is 65.7 Å². The van der Waals surface area contributed by atoms with Crippen LogP contribution in [0.5, 0.6) is 6.01 Å². The lowest BCUT2D eigenvalue weighted by atomic mass is 9.94. The summed E-state index contributed by atoms with van der Waals surface area (Å²) in [7, 11) is 2.17. The molecule has 6 rings (SSSR count). The number of anilines is 2. The minimum absolute atomic E-state index is 0.393. The zero-order valence-corrected chi connectivity index (χ0v) is 21.6. The molecule has 1 aromatic carbocycles. The van der Waals surface area contributed by atoms with Gasteiger partial charge in [0, 0.05) is 61.1 Å². The van der Waals surface area contributed by atoms with E-state index in [2.05, 4.69) is 57.1 Å². The number of aromatic nitrogens is 3. The highest BCUT2D eigenvalue weighted by Crippen LogP contribution is 2.35. The smallest absolute Gasteiger partial charge is 0.318 e. The number of hydrogen-bond donors (Lipinski definition) is 0. The van der Waals surface area contributed by atoms with Crippen molar-refractivity contribution in [2.24, 2.45) is 5.92 Å². The minimum atomic E-state index is 0.393. The van der Waals surface area contributed by atoms with Crippen molar-refractivity contribution in [3.63, 3.8) is 0 Å². The molecule has 2 fully saturated rings. The summed E-state index contributed by atoms with van der Waals surface area (Å²) in [5.41, 5.74) is 3.48. The normalized spacial score (nSPS) is 22.2. The number of piperidine rings is 1. The van der Waals surface area contributed by atoms with E-state index in [4.69, 9.17) is 14.7 Å². The quantitative estimate of drug-likeness (QED) is 0.502. The number of hydrogen-bond acceptors (Lipinski definition) is 8. The lowest BCUT2D eigenvalue weighted by Crippen LogP contribution is -2.39. The van der Waals surface area contributed by atoms with E-state index in [1.54, 1.807) is 0 Å². The Labute approximate surface area is 218 Å². The number of benzene rings is 1. The molecular weight excluding hydrogens is 462 g/mol. The van der Waals surface area contributed by atoms with Crippen LogP contribution in [0.15, 0.2) is 36.7 Å². The summed E-state index contributed by atoms with van der Waals surface area (Å²) in [5, 5.41) is 11.7. The number of nitrogens with zero attached hydrogens (tertiary/aromatic N) is 7. The predicted molar refractivity (Wildman–Crippen MR) is 145 cm³/mol. The molecule has 8 heteroatoms. The van der Waals surface area contributed by atoms with Gasteiger partial charge in [-0.05, 0) is 69.1 Å². The second-order valence-corrected chi connectivity index (χ2v) is 10.7. The standard InChI is InChI=1S/C29H35N7O/c1-34-14-4-7-23(34)20-37-29-32-26-19-35(27-8-2-6-22-10-13-31-17-25(22)27)16-11-24(26)28(33-29)36-15-3-5-21(18-36)9-12-30/h2,6,8,10,13,17,21,23H,3-5,7,9,11,14-16,18-20H2,1H3/t21?,23-/m0/s1. The number of ether oxygens (including phenoxy) is 1. The fraction of sp³-hybridized carbons (Fsp3) is 0.517. The van der Waals surface area contributed by atoms with E-state index in [0.29, 0.717) is 37.5 Å². The number of likely N-dealkylation sites (N-methyl/N-ethyl adjacent to an activating group) is 1. The first kappa shape index (κ1) is 23.9. The van der Waals surface area contributed by atoms with Crippen LogP contribution < -0.4 is 14.5 Å². The number of pyridine rings is 1. The molecule has 8 nitrogen and oxygen atoms in total. The van der Waals surface area contributed by atoms with Crippen LogP contribution in [0.1, 0.15) is 43.4 Å². The van der Waals surface area contributed by atoms with Gasteiger partial charge in [-0.15, -0.1) is 0 Å². The maximum Gasteiger partial charge on any atom is 0.318 e. The van der Waals surface area contributed by atoms with E-state index in [9.17, 15) is 5.26 Å². The number of likely N-dealkylation sites (tertiary alicyclic amines) is 1. The summed E-state index contributed by atoms with van der Waals surface area (Å²) >= 11 is 0. The van der Waals surface area contributed by atoms with Gasteiger partial charge in [0.15, 0.2) is 0 Å². The third-order valence-electron chi connectivity index (χ3n) is 8.30. The average molecular weight is 498 g/mol. The van der Waals surface area contributed by atoms with E-state index >= 15 is 0 Å². The second-order valence-electron chi connectivity index (χ2n) is 10.7. The molecule has 2 saturated heterocycles. The topological polar surface area (TPSA) is 81.4 Å². The van der Waals surface area contributed by atoms with Crippen LogP contribution >= 0.6 is 0 Å². The van der Waals surface area contributed by atoms with Gasteiger partial charge in [-0.1, -0.05) is 12.1 Å². The molecule has 2 atom stereocenters. The van der Waals surface area contributed by atoms with Crippen LogP contribution in [0.2, 0.25) is 0 Å². The lowest BCUT2D eigenvalue weighted by molar-refractivity contribution is 0.187. The van der Waals surface area contributed by atoms with Gasteiger partial charge in [0.25, 0.3) is 0 Å². The molecular formula is C29H35N7O. The van der Waals surface area contributed by atoms with Crippen molar-refractivity contribution in [1.29, 1.82) is 5.26 Å². The monoisotopic (exact) mass is 497 g/mol. The Balaban J connectivity index is 1.32. The fourth-order valence-electron chi connectivity index (χ4n) is 6.21. The highest BCUT2D eigenvalue weighted by atomic mass is 16.5. The van der Waals surface area contributed by atoms with Crippen molar-refractivity contribution in [3.8, 4) is 12.1 Å². The summed E-state index contributed by atoms with van der Waals surface area (Å²) in [6, 6.07) is 11.8. The largest absolute Gasteiger partial charge is 0.462 e. The minimum Gasteiger partial charge on any atom is -0.462 e. The Morgan fingerprint density at radius 1 is 1.08 bits per heavy atom. The number of rotatable bonds is 6. The molecule has 3 aliphatic rings. The van der Waals surface area contributed by atoms with Gasteiger partial charge in [0.1, 0.15) is 12.4 Å². The molecule has 2 aromatic heterocycles. The molecule has 5 heterocycles. The van der Waals surface area contributed by atoms with Crippen molar-refractivity contribution in [2.45, 2.75) is 51.1 Å². The SMILES string of the molecule is CN1CCC[C@H]1COc1nc2c(c(N3CCCC(CC#N)C3)n1)CCN(c1cccc3ccncc13)C2. The molecule has 3 aliphatic heterocycles. The Hall–Kier alpha value is -3.44.